The van der Waals surface area contributed by atoms with Crippen LogP contribution in [0.3, 0.4) is 0 Å². The lowest BCUT2D eigenvalue weighted by atomic mass is 10.1. The molecule has 0 fully saturated rings. The smallest absolute Gasteiger partial charge is 0.122 e. The van der Waals surface area contributed by atoms with Crippen molar-refractivity contribution in [2.24, 2.45) is 11.8 Å². The van der Waals surface area contributed by atoms with Gasteiger partial charge in [0.1, 0.15) is 5.82 Å². The average Bonchev–Trinajstić information content (AvgIpc) is 2.65. The molecule has 1 atom stereocenters. The van der Waals surface area contributed by atoms with Crippen LogP contribution in [-0.2, 0) is 13.1 Å². The molecule has 0 aliphatic heterocycles. The molecule has 0 bridgehead atoms. The van der Waals surface area contributed by atoms with E-state index in [4.69, 9.17) is 0 Å². The highest BCUT2D eigenvalue weighted by Crippen LogP contribution is 2.10. The fourth-order valence-electron chi connectivity index (χ4n) is 2.07. The summed E-state index contributed by atoms with van der Waals surface area (Å²) in [6.07, 6.45) is 6.55. The number of imidazole rings is 1. The summed E-state index contributed by atoms with van der Waals surface area (Å²) in [4.78, 5) is 4.43. The number of nitrogens with one attached hydrogen (secondary N) is 1. The Bertz CT molecular complexity index is 304. The highest BCUT2D eigenvalue weighted by atomic mass is 15.1. The quantitative estimate of drug-likeness (QED) is 0.753. The third-order valence-corrected chi connectivity index (χ3v) is 2.93. The zero-order valence-corrected chi connectivity index (χ0v) is 11.7. The standard InChI is InChI=1S/C14H27N3/c1-5-6-13(4)11-17-8-7-16-14(17)10-15-9-12(2)3/h7-8,12-13,15H,5-6,9-11H2,1-4H3. The molecule has 0 radical (unpaired) electrons. The molecule has 0 amide bonds. The SMILES string of the molecule is CCCC(C)Cn1ccnc1CNCC(C)C. The largest absolute Gasteiger partial charge is 0.334 e. The third-order valence-electron chi connectivity index (χ3n) is 2.93. The minimum absolute atomic E-state index is 0.692. The fourth-order valence-corrected chi connectivity index (χ4v) is 2.07. The second-order valence-electron chi connectivity index (χ2n) is 5.41. The third kappa shape index (κ3) is 5.35. The van der Waals surface area contributed by atoms with E-state index in [1.54, 1.807) is 0 Å². The normalized spacial score (nSPS) is 13.2. The van der Waals surface area contributed by atoms with E-state index in [1.807, 2.05) is 6.20 Å². The van der Waals surface area contributed by atoms with Crippen molar-refractivity contribution in [3.8, 4) is 0 Å². The van der Waals surface area contributed by atoms with Crippen molar-refractivity contribution in [3.05, 3.63) is 18.2 Å². The predicted octanol–water partition coefficient (Wildman–Crippen LogP) is 3.06. The van der Waals surface area contributed by atoms with Crippen LogP contribution in [0.25, 0.3) is 0 Å². The summed E-state index contributed by atoms with van der Waals surface area (Å²) in [5.41, 5.74) is 0. The second-order valence-corrected chi connectivity index (χ2v) is 5.41. The van der Waals surface area contributed by atoms with Crippen LogP contribution in [0.2, 0.25) is 0 Å². The van der Waals surface area contributed by atoms with Crippen LogP contribution in [0.15, 0.2) is 12.4 Å². The van der Waals surface area contributed by atoms with Crippen molar-refractivity contribution in [2.45, 2.75) is 53.6 Å². The molecule has 0 saturated heterocycles. The first-order chi connectivity index (χ1) is 8.13. The van der Waals surface area contributed by atoms with Gasteiger partial charge in [0.25, 0.3) is 0 Å². The van der Waals surface area contributed by atoms with Crippen LogP contribution >= 0.6 is 0 Å². The number of nitrogens with zero attached hydrogens (tertiary/aromatic N) is 2. The van der Waals surface area contributed by atoms with Crippen molar-refractivity contribution in [1.29, 1.82) is 0 Å². The predicted molar refractivity (Wildman–Crippen MR) is 72.8 cm³/mol. The summed E-state index contributed by atoms with van der Waals surface area (Å²) < 4.78 is 2.29. The zero-order valence-electron chi connectivity index (χ0n) is 11.7. The van der Waals surface area contributed by atoms with Gasteiger partial charge in [0, 0.05) is 18.9 Å². The molecule has 0 aliphatic rings. The van der Waals surface area contributed by atoms with E-state index in [0.29, 0.717) is 5.92 Å². The zero-order chi connectivity index (χ0) is 12.7. The van der Waals surface area contributed by atoms with Gasteiger partial charge >= 0.3 is 0 Å². The summed E-state index contributed by atoms with van der Waals surface area (Å²) in [5.74, 6) is 2.59. The van der Waals surface area contributed by atoms with Gasteiger partial charge in [-0.25, -0.2) is 4.98 Å². The molecule has 1 aromatic rings. The molecular formula is C14H27N3. The van der Waals surface area contributed by atoms with Crippen LogP contribution in [-0.4, -0.2) is 16.1 Å². The van der Waals surface area contributed by atoms with Gasteiger partial charge in [0.05, 0.1) is 6.54 Å². The maximum absolute atomic E-state index is 4.43. The highest BCUT2D eigenvalue weighted by Gasteiger charge is 2.06. The van der Waals surface area contributed by atoms with E-state index in [-0.39, 0.29) is 0 Å². The van der Waals surface area contributed by atoms with Crippen LogP contribution in [0, 0.1) is 11.8 Å². The van der Waals surface area contributed by atoms with Gasteiger partial charge in [-0.3, -0.25) is 0 Å². The van der Waals surface area contributed by atoms with Crippen molar-refractivity contribution >= 4 is 0 Å². The second kappa shape index (κ2) is 7.49. The van der Waals surface area contributed by atoms with Gasteiger partial charge in [-0.15, -0.1) is 0 Å². The maximum atomic E-state index is 4.43. The molecule has 1 rings (SSSR count). The molecule has 1 aromatic heterocycles. The molecule has 0 aliphatic carbocycles. The molecule has 17 heavy (non-hydrogen) atoms. The lowest BCUT2D eigenvalue weighted by Crippen LogP contribution is -2.22. The van der Waals surface area contributed by atoms with E-state index in [2.05, 4.69) is 48.8 Å². The summed E-state index contributed by atoms with van der Waals surface area (Å²) in [7, 11) is 0. The van der Waals surface area contributed by atoms with Gasteiger partial charge in [-0.2, -0.15) is 0 Å². The maximum Gasteiger partial charge on any atom is 0.122 e. The Balaban J connectivity index is 2.42. The molecule has 3 nitrogen and oxygen atoms in total. The molecule has 1 unspecified atom stereocenters. The minimum Gasteiger partial charge on any atom is -0.334 e. The lowest BCUT2D eigenvalue weighted by molar-refractivity contribution is 0.430. The van der Waals surface area contributed by atoms with Crippen LogP contribution < -0.4 is 5.32 Å². The number of hydrogen-bond acceptors (Lipinski definition) is 2. The first kappa shape index (κ1) is 14.2. The van der Waals surface area contributed by atoms with Crippen molar-refractivity contribution in [3.63, 3.8) is 0 Å². The van der Waals surface area contributed by atoms with Gasteiger partial charge < -0.3 is 9.88 Å². The molecule has 1 heterocycles. The Hall–Kier alpha value is -0.830. The van der Waals surface area contributed by atoms with Crippen LogP contribution in [0.5, 0.6) is 0 Å². The van der Waals surface area contributed by atoms with E-state index in [1.165, 1.54) is 12.8 Å². The Kier molecular flexibility index (Phi) is 6.27. The first-order valence-electron chi connectivity index (χ1n) is 6.84. The van der Waals surface area contributed by atoms with Crippen molar-refractivity contribution in [2.75, 3.05) is 6.54 Å². The van der Waals surface area contributed by atoms with E-state index >= 15 is 0 Å². The summed E-state index contributed by atoms with van der Waals surface area (Å²) in [6.45, 7) is 12.0. The summed E-state index contributed by atoms with van der Waals surface area (Å²) in [6, 6.07) is 0. The molecule has 3 heteroatoms. The minimum atomic E-state index is 0.692. The van der Waals surface area contributed by atoms with Crippen molar-refractivity contribution in [1.82, 2.24) is 14.9 Å². The number of aromatic nitrogens is 2. The Morgan fingerprint density at radius 3 is 2.76 bits per heavy atom. The molecule has 98 valence electrons. The Labute approximate surface area is 106 Å². The van der Waals surface area contributed by atoms with E-state index in [9.17, 15) is 0 Å². The molecule has 0 saturated carbocycles. The van der Waals surface area contributed by atoms with Gasteiger partial charge in [-0.05, 0) is 24.8 Å². The average molecular weight is 237 g/mol. The number of rotatable bonds is 8. The Morgan fingerprint density at radius 1 is 1.35 bits per heavy atom. The van der Waals surface area contributed by atoms with Crippen molar-refractivity contribution < 1.29 is 0 Å². The van der Waals surface area contributed by atoms with Gasteiger partial charge in [0.15, 0.2) is 0 Å². The van der Waals surface area contributed by atoms with Gasteiger partial charge in [-0.1, -0.05) is 34.1 Å². The summed E-state index contributed by atoms with van der Waals surface area (Å²) in [5, 5.41) is 3.45. The molecular weight excluding hydrogens is 210 g/mol. The van der Waals surface area contributed by atoms with Gasteiger partial charge in [0.2, 0.25) is 0 Å². The molecule has 1 N–H and O–H groups in total. The van der Waals surface area contributed by atoms with Crippen LogP contribution in [0.1, 0.15) is 46.4 Å². The van der Waals surface area contributed by atoms with E-state index < -0.39 is 0 Å². The summed E-state index contributed by atoms with van der Waals surface area (Å²) >= 11 is 0. The molecule has 0 aromatic carbocycles. The fraction of sp³-hybridized carbons (Fsp3) is 0.786. The van der Waals surface area contributed by atoms with E-state index in [0.717, 1.165) is 31.4 Å². The monoisotopic (exact) mass is 237 g/mol. The Morgan fingerprint density at radius 2 is 2.12 bits per heavy atom. The lowest BCUT2D eigenvalue weighted by Gasteiger charge is -2.14. The number of hydrogen-bond donors (Lipinski definition) is 1. The molecule has 0 spiro atoms. The first-order valence-corrected chi connectivity index (χ1v) is 6.84. The topological polar surface area (TPSA) is 29.9 Å². The van der Waals surface area contributed by atoms with Crippen LogP contribution in [0.4, 0.5) is 0 Å². The highest BCUT2D eigenvalue weighted by molar-refractivity contribution is 4.92.